The molecule has 0 spiro atoms. The highest BCUT2D eigenvalue weighted by atomic mass is 32.2. The van der Waals surface area contributed by atoms with Gasteiger partial charge in [0.15, 0.2) is 0 Å². The van der Waals surface area contributed by atoms with Gasteiger partial charge in [-0.3, -0.25) is 0 Å². The van der Waals surface area contributed by atoms with Gasteiger partial charge in [-0.15, -0.1) is 0 Å². The second-order valence-electron chi connectivity index (χ2n) is 4.95. The lowest BCUT2D eigenvalue weighted by atomic mass is 9.95. The molecule has 0 aromatic heterocycles. The molecule has 0 bridgehead atoms. The number of hydrogen-bond acceptors (Lipinski definition) is 3. The molecule has 0 radical (unpaired) electrons. The van der Waals surface area contributed by atoms with E-state index < -0.39 is 15.9 Å². The number of sulfone groups is 1. The molecule has 3 nitrogen and oxygen atoms in total. The predicted octanol–water partition coefficient (Wildman–Crippen LogP) is 2.55. The van der Waals surface area contributed by atoms with E-state index in [1.807, 2.05) is 13.8 Å². The summed E-state index contributed by atoms with van der Waals surface area (Å²) in [5, 5.41) is 9.99. The standard InChI is InChI=1S/C15H18O3S/c1-11-8-9-14(10-12(2)15(11)16)19(17,18)13-6-4-3-5-7-13/h3-12,15-16H,1-2H3/t11-,12-,15-/m0/s1. The first kappa shape index (κ1) is 14.0. The average molecular weight is 278 g/mol. The van der Waals surface area contributed by atoms with E-state index >= 15 is 0 Å². The first-order valence-corrected chi connectivity index (χ1v) is 7.79. The van der Waals surface area contributed by atoms with Crippen molar-refractivity contribution in [2.24, 2.45) is 11.8 Å². The molecule has 0 heterocycles. The van der Waals surface area contributed by atoms with Crippen LogP contribution in [0.15, 0.2) is 58.4 Å². The third-order valence-corrected chi connectivity index (χ3v) is 5.22. The van der Waals surface area contributed by atoms with Crippen LogP contribution in [0.5, 0.6) is 0 Å². The van der Waals surface area contributed by atoms with Crippen LogP contribution in [0.25, 0.3) is 0 Å². The number of rotatable bonds is 2. The monoisotopic (exact) mass is 278 g/mol. The van der Waals surface area contributed by atoms with E-state index in [1.54, 1.807) is 48.6 Å². The van der Waals surface area contributed by atoms with Gasteiger partial charge in [-0.2, -0.15) is 0 Å². The Bertz CT molecular complexity index is 600. The van der Waals surface area contributed by atoms with E-state index in [2.05, 4.69) is 0 Å². The van der Waals surface area contributed by atoms with Gasteiger partial charge in [0.2, 0.25) is 9.84 Å². The minimum absolute atomic E-state index is 0.0604. The third kappa shape index (κ3) is 2.80. The Morgan fingerprint density at radius 1 is 1.05 bits per heavy atom. The molecule has 1 N–H and O–H groups in total. The summed E-state index contributed by atoms with van der Waals surface area (Å²) < 4.78 is 25.0. The van der Waals surface area contributed by atoms with E-state index in [4.69, 9.17) is 0 Å². The number of aliphatic hydroxyl groups is 1. The van der Waals surface area contributed by atoms with Gasteiger partial charge in [-0.25, -0.2) is 8.42 Å². The van der Waals surface area contributed by atoms with Gasteiger partial charge in [0.1, 0.15) is 0 Å². The van der Waals surface area contributed by atoms with Gasteiger partial charge in [0, 0.05) is 11.8 Å². The van der Waals surface area contributed by atoms with E-state index in [0.29, 0.717) is 0 Å². The molecule has 4 heteroatoms. The fourth-order valence-electron chi connectivity index (χ4n) is 2.17. The smallest absolute Gasteiger partial charge is 0.206 e. The Labute approximate surface area is 114 Å². The maximum absolute atomic E-state index is 12.5. The predicted molar refractivity (Wildman–Crippen MR) is 75.2 cm³/mol. The van der Waals surface area contributed by atoms with Crippen LogP contribution in [0.2, 0.25) is 0 Å². The SMILES string of the molecule is C[C@H]1C=CC(S(=O)(=O)c2ccccc2)=C[C@H](C)[C@H]1O. The average Bonchev–Trinajstić information content (AvgIpc) is 2.54. The molecule has 0 unspecified atom stereocenters. The fraction of sp³-hybridized carbons (Fsp3) is 0.333. The van der Waals surface area contributed by atoms with E-state index in [9.17, 15) is 13.5 Å². The highest BCUT2D eigenvalue weighted by Crippen LogP contribution is 2.27. The number of aliphatic hydroxyl groups excluding tert-OH is 1. The molecule has 0 saturated carbocycles. The van der Waals surface area contributed by atoms with Crippen LogP contribution in [0, 0.1) is 11.8 Å². The summed E-state index contributed by atoms with van der Waals surface area (Å²) in [4.78, 5) is 0.539. The van der Waals surface area contributed by atoms with Crippen molar-refractivity contribution in [2.45, 2.75) is 24.8 Å². The van der Waals surface area contributed by atoms with Gasteiger partial charge < -0.3 is 5.11 Å². The van der Waals surface area contributed by atoms with Crippen LogP contribution in [0.1, 0.15) is 13.8 Å². The molecule has 0 aliphatic heterocycles. The molecule has 0 fully saturated rings. The molecule has 2 rings (SSSR count). The fourth-order valence-corrected chi connectivity index (χ4v) is 3.61. The molecule has 1 aliphatic carbocycles. The molecule has 102 valence electrons. The van der Waals surface area contributed by atoms with Gasteiger partial charge in [-0.05, 0) is 18.2 Å². The van der Waals surface area contributed by atoms with Crippen molar-refractivity contribution in [3.63, 3.8) is 0 Å². The molecule has 19 heavy (non-hydrogen) atoms. The molecule has 1 aromatic carbocycles. The molecular weight excluding hydrogens is 260 g/mol. The highest BCUT2D eigenvalue weighted by Gasteiger charge is 2.26. The number of hydrogen-bond donors (Lipinski definition) is 1. The van der Waals surface area contributed by atoms with E-state index in [0.717, 1.165) is 0 Å². The zero-order valence-electron chi connectivity index (χ0n) is 11.0. The Morgan fingerprint density at radius 3 is 2.32 bits per heavy atom. The molecule has 1 aliphatic rings. The molecule has 0 amide bonds. The second kappa shape index (κ2) is 5.31. The lowest BCUT2D eigenvalue weighted by molar-refractivity contribution is 0.103. The first-order valence-electron chi connectivity index (χ1n) is 6.31. The zero-order chi connectivity index (χ0) is 14.0. The summed E-state index contributed by atoms with van der Waals surface area (Å²) >= 11 is 0. The van der Waals surface area contributed by atoms with E-state index in [1.165, 1.54) is 0 Å². The molecule has 1 aromatic rings. The van der Waals surface area contributed by atoms with Crippen LogP contribution in [0.3, 0.4) is 0 Å². The molecular formula is C15H18O3S. The zero-order valence-corrected chi connectivity index (χ0v) is 11.8. The van der Waals surface area contributed by atoms with Crippen molar-refractivity contribution in [3.05, 3.63) is 53.5 Å². The minimum atomic E-state index is -3.50. The quantitative estimate of drug-likeness (QED) is 0.904. The Hall–Kier alpha value is -1.39. The lowest BCUT2D eigenvalue weighted by Gasteiger charge is -2.18. The van der Waals surface area contributed by atoms with Gasteiger partial charge in [0.05, 0.1) is 15.9 Å². The van der Waals surface area contributed by atoms with Crippen molar-refractivity contribution >= 4 is 9.84 Å². The third-order valence-electron chi connectivity index (χ3n) is 3.43. The van der Waals surface area contributed by atoms with Gasteiger partial charge >= 0.3 is 0 Å². The Morgan fingerprint density at radius 2 is 1.68 bits per heavy atom. The summed E-state index contributed by atoms with van der Waals surface area (Å²) in [5.74, 6) is -0.256. The van der Waals surface area contributed by atoms with Gasteiger partial charge in [-0.1, -0.05) is 44.2 Å². The van der Waals surface area contributed by atoms with E-state index in [-0.39, 0.29) is 21.6 Å². The summed E-state index contributed by atoms with van der Waals surface area (Å²) in [6.07, 6.45) is 4.42. The Kier molecular flexibility index (Phi) is 3.92. The normalized spacial score (nSPS) is 27.7. The number of benzene rings is 1. The van der Waals surface area contributed by atoms with Crippen molar-refractivity contribution in [1.29, 1.82) is 0 Å². The largest absolute Gasteiger partial charge is 0.392 e. The first-order chi connectivity index (χ1) is 8.93. The Balaban J connectivity index is 2.46. The molecule has 0 saturated heterocycles. The highest BCUT2D eigenvalue weighted by molar-refractivity contribution is 7.95. The van der Waals surface area contributed by atoms with Crippen molar-refractivity contribution < 1.29 is 13.5 Å². The maximum Gasteiger partial charge on any atom is 0.206 e. The van der Waals surface area contributed by atoms with Crippen LogP contribution in [-0.2, 0) is 9.84 Å². The summed E-state index contributed by atoms with van der Waals surface area (Å²) in [7, 11) is -3.50. The topological polar surface area (TPSA) is 54.4 Å². The minimum Gasteiger partial charge on any atom is -0.392 e. The van der Waals surface area contributed by atoms with Crippen LogP contribution in [0.4, 0.5) is 0 Å². The van der Waals surface area contributed by atoms with Gasteiger partial charge in [0.25, 0.3) is 0 Å². The maximum atomic E-state index is 12.5. The van der Waals surface area contributed by atoms with Crippen LogP contribution in [-0.4, -0.2) is 19.6 Å². The lowest BCUT2D eigenvalue weighted by Crippen LogP contribution is -2.22. The summed E-state index contributed by atoms with van der Waals surface area (Å²) in [5.41, 5.74) is 0. The number of allylic oxidation sites excluding steroid dienone is 1. The van der Waals surface area contributed by atoms with Crippen molar-refractivity contribution in [3.8, 4) is 0 Å². The van der Waals surface area contributed by atoms with Crippen molar-refractivity contribution in [2.75, 3.05) is 0 Å². The molecule has 3 atom stereocenters. The van der Waals surface area contributed by atoms with Crippen LogP contribution >= 0.6 is 0 Å². The second-order valence-corrected chi connectivity index (χ2v) is 6.90. The van der Waals surface area contributed by atoms with Crippen LogP contribution < -0.4 is 0 Å². The van der Waals surface area contributed by atoms with Crippen molar-refractivity contribution in [1.82, 2.24) is 0 Å². The summed E-state index contributed by atoms with van der Waals surface area (Å²) in [6, 6.07) is 8.35. The summed E-state index contributed by atoms with van der Waals surface area (Å²) in [6.45, 7) is 3.71.